The van der Waals surface area contributed by atoms with Crippen LogP contribution in [0.5, 0.6) is 0 Å². The molecule has 0 bridgehead atoms. The lowest BCUT2D eigenvalue weighted by atomic mass is 10.1. The number of aromatic amines is 1. The van der Waals surface area contributed by atoms with Crippen LogP contribution in [0, 0.1) is 4.51 Å². The van der Waals surface area contributed by atoms with Gasteiger partial charge in [-0.15, -0.1) is 0 Å². The van der Waals surface area contributed by atoms with Crippen LogP contribution in [0.15, 0.2) is 24.4 Å². The maximum Gasteiger partial charge on any atom is 0.341 e. The van der Waals surface area contributed by atoms with Gasteiger partial charge in [0.2, 0.25) is 0 Å². The van der Waals surface area contributed by atoms with Crippen molar-refractivity contribution in [3.8, 4) is 0 Å². The lowest BCUT2D eigenvalue weighted by Gasteiger charge is -2.07. The van der Waals surface area contributed by atoms with Gasteiger partial charge in [-0.2, -0.15) is 0 Å². The number of rotatable bonds is 3. The second-order valence-corrected chi connectivity index (χ2v) is 4.35. The first-order valence-corrected chi connectivity index (χ1v) is 6.40. The van der Waals surface area contributed by atoms with Crippen LogP contribution in [0.3, 0.4) is 0 Å². The SMILES string of the molecule is CCOC(=O)c1c[nH]c2c(CC)cccc2c1=S. The minimum Gasteiger partial charge on any atom is -0.462 e. The zero-order valence-corrected chi connectivity index (χ0v) is 11.3. The summed E-state index contributed by atoms with van der Waals surface area (Å²) in [5.41, 5.74) is 2.61. The van der Waals surface area contributed by atoms with Crippen molar-refractivity contribution in [2.45, 2.75) is 20.3 Å². The predicted molar refractivity (Wildman–Crippen MR) is 74.5 cm³/mol. The molecule has 1 aromatic heterocycles. The van der Waals surface area contributed by atoms with Crippen molar-refractivity contribution in [1.29, 1.82) is 0 Å². The third-order valence-corrected chi connectivity index (χ3v) is 3.32. The molecule has 1 N–H and O–H groups in total. The number of pyridine rings is 1. The van der Waals surface area contributed by atoms with E-state index in [0.29, 0.717) is 16.7 Å². The first-order chi connectivity index (χ1) is 8.69. The first-order valence-electron chi connectivity index (χ1n) is 5.99. The van der Waals surface area contributed by atoms with Gasteiger partial charge in [0.1, 0.15) is 0 Å². The smallest absolute Gasteiger partial charge is 0.341 e. The van der Waals surface area contributed by atoms with Crippen LogP contribution in [0.1, 0.15) is 29.8 Å². The van der Waals surface area contributed by atoms with Gasteiger partial charge < -0.3 is 9.72 Å². The largest absolute Gasteiger partial charge is 0.462 e. The number of carbonyl (C=O) groups excluding carboxylic acids is 1. The van der Waals surface area contributed by atoms with Crippen molar-refractivity contribution in [3.63, 3.8) is 0 Å². The van der Waals surface area contributed by atoms with Crippen LogP contribution in [0.2, 0.25) is 0 Å². The minimum atomic E-state index is -0.373. The van der Waals surface area contributed by atoms with Crippen LogP contribution in [-0.2, 0) is 11.2 Å². The van der Waals surface area contributed by atoms with Gasteiger partial charge in [0.05, 0.1) is 22.2 Å². The maximum atomic E-state index is 11.8. The standard InChI is InChI=1S/C14H15NO2S/c1-3-9-6-5-7-10-12(9)15-8-11(13(10)18)14(16)17-4-2/h5-8H,3-4H2,1-2H3,(H,15,18). The zero-order valence-electron chi connectivity index (χ0n) is 10.4. The van der Waals surface area contributed by atoms with Gasteiger partial charge in [0, 0.05) is 11.6 Å². The summed E-state index contributed by atoms with van der Waals surface area (Å²) in [5, 5.41) is 0.898. The van der Waals surface area contributed by atoms with Crippen LogP contribution in [-0.4, -0.2) is 17.6 Å². The number of hydrogen-bond donors (Lipinski definition) is 1. The molecule has 94 valence electrons. The fourth-order valence-electron chi connectivity index (χ4n) is 1.97. The molecule has 0 fully saturated rings. The van der Waals surface area contributed by atoms with Crippen molar-refractivity contribution in [1.82, 2.24) is 4.98 Å². The van der Waals surface area contributed by atoms with E-state index >= 15 is 0 Å². The van der Waals surface area contributed by atoms with Gasteiger partial charge >= 0.3 is 5.97 Å². The Bertz CT molecular complexity index is 646. The molecule has 1 aromatic carbocycles. The second-order valence-electron chi connectivity index (χ2n) is 3.95. The third kappa shape index (κ3) is 2.16. The molecule has 0 spiro atoms. The van der Waals surface area contributed by atoms with E-state index < -0.39 is 0 Å². The summed E-state index contributed by atoms with van der Waals surface area (Å²) in [6.07, 6.45) is 2.56. The van der Waals surface area contributed by atoms with Gasteiger partial charge in [0.15, 0.2) is 0 Å². The molecule has 0 saturated carbocycles. The number of hydrogen-bond acceptors (Lipinski definition) is 3. The van der Waals surface area contributed by atoms with Gasteiger partial charge in [-0.05, 0) is 18.9 Å². The number of aryl methyl sites for hydroxylation is 1. The highest BCUT2D eigenvalue weighted by molar-refractivity contribution is 7.71. The van der Waals surface area contributed by atoms with Crippen LogP contribution in [0.4, 0.5) is 0 Å². The average molecular weight is 261 g/mol. The van der Waals surface area contributed by atoms with Crippen molar-refractivity contribution in [2.24, 2.45) is 0 Å². The molecular formula is C14H15NO2S. The lowest BCUT2D eigenvalue weighted by molar-refractivity contribution is 0.0525. The topological polar surface area (TPSA) is 42.1 Å². The summed E-state index contributed by atoms with van der Waals surface area (Å²) >= 11 is 5.37. The number of carbonyl (C=O) groups is 1. The van der Waals surface area contributed by atoms with Crippen molar-refractivity contribution in [2.75, 3.05) is 6.61 Å². The Morgan fingerprint density at radius 3 is 2.83 bits per heavy atom. The van der Waals surface area contributed by atoms with Crippen LogP contribution < -0.4 is 0 Å². The number of nitrogens with one attached hydrogen (secondary N) is 1. The Morgan fingerprint density at radius 1 is 1.39 bits per heavy atom. The highest BCUT2D eigenvalue weighted by Crippen LogP contribution is 2.20. The number of benzene rings is 1. The Balaban J connectivity index is 2.65. The molecule has 0 aliphatic heterocycles. The Kier molecular flexibility index (Phi) is 3.77. The maximum absolute atomic E-state index is 11.8. The summed E-state index contributed by atoms with van der Waals surface area (Å²) in [5.74, 6) is -0.373. The predicted octanol–water partition coefficient (Wildman–Crippen LogP) is 3.64. The number of aromatic nitrogens is 1. The monoisotopic (exact) mass is 261 g/mol. The Morgan fingerprint density at radius 2 is 2.17 bits per heavy atom. The molecule has 0 saturated heterocycles. The molecule has 0 aliphatic carbocycles. The number of ether oxygens (including phenoxy) is 1. The summed E-state index contributed by atoms with van der Waals surface area (Å²) in [6.45, 7) is 4.21. The van der Waals surface area contributed by atoms with Crippen molar-refractivity contribution in [3.05, 3.63) is 40.0 Å². The number of fused-ring (bicyclic) bond motifs is 1. The highest BCUT2D eigenvalue weighted by atomic mass is 32.1. The fourth-order valence-corrected chi connectivity index (χ4v) is 2.28. The van der Waals surface area contributed by atoms with E-state index in [1.165, 1.54) is 5.56 Å². The fraction of sp³-hybridized carbons (Fsp3) is 0.286. The van der Waals surface area contributed by atoms with Gasteiger partial charge in [-0.3, -0.25) is 0 Å². The van der Waals surface area contributed by atoms with Crippen molar-refractivity contribution < 1.29 is 9.53 Å². The highest BCUT2D eigenvalue weighted by Gasteiger charge is 2.11. The summed E-state index contributed by atoms with van der Waals surface area (Å²) < 4.78 is 5.54. The van der Waals surface area contributed by atoms with Crippen LogP contribution in [0.25, 0.3) is 10.9 Å². The third-order valence-electron chi connectivity index (χ3n) is 2.88. The molecule has 0 atom stereocenters. The lowest BCUT2D eigenvalue weighted by Crippen LogP contribution is -2.06. The van der Waals surface area contributed by atoms with E-state index in [9.17, 15) is 4.79 Å². The second kappa shape index (κ2) is 5.31. The normalized spacial score (nSPS) is 10.6. The van der Waals surface area contributed by atoms with Gasteiger partial charge in [-0.25, -0.2) is 4.79 Å². The van der Waals surface area contributed by atoms with E-state index in [-0.39, 0.29) is 5.97 Å². The molecule has 0 amide bonds. The summed E-state index contributed by atoms with van der Waals surface area (Å²) in [7, 11) is 0. The van der Waals surface area contributed by atoms with E-state index in [2.05, 4.69) is 18.0 Å². The van der Waals surface area contributed by atoms with E-state index in [1.54, 1.807) is 13.1 Å². The minimum absolute atomic E-state index is 0.348. The zero-order chi connectivity index (χ0) is 13.1. The summed E-state index contributed by atoms with van der Waals surface area (Å²) in [4.78, 5) is 14.9. The number of para-hydroxylation sites is 1. The van der Waals surface area contributed by atoms with E-state index in [0.717, 1.165) is 17.3 Å². The molecule has 2 rings (SSSR count). The molecule has 0 radical (unpaired) electrons. The van der Waals surface area contributed by atoms with Gasteiger partial charge in [-0.1, -0.05) is 37.3 Å². The Labute approximate surface area is 111 Å². The number of esters is 1. The molecule has 0 unspecified atom stereocenters. The Hall–Kier alpha value is -1.68. The quantitative estimate of drug-likeness (QED) is 0.677. The molecule has 4 heteroatoms. The molecule has 0 aliphatic rings. The molecule has 18 heavy (non-hydrogen) atoms. The van der Waals surface area contributed by atoms with E-state index in [1.807, 2.05) is 12.1 Å². The van der Waals surface area contributed by atoms with Crippen molar-refractivity contribution >= 4 is 29.1 Å². The average Bonchev–Trinajstić information content (AvgIpc) is 2.39. The molecule has 3 nitrogen and oxygen atoms in total. The summed E-state index contributed by atoms with van der Waals surface area (Å²) in [6, 6.07) is 5.94. The molecule has 1 heterocycles. The van der Waals surface area contributed by atoms with Crippen LogP contribution >= 0.6 is 12.2 Å². The molecular weight excluding hydrogens is 246 g/mol. The van der Waals surface area contributed by atoms with Gasteiger partial charge in [0.25, 0.3) is 0 Å². The first kappa shape index (κ1) is 12.8. The number of H-pyrrole nitrogens is 1. The van der Waals surface area contributed by atoms with E-state index in [4.69, 9.17) is 17.0 Å². The molecule has 2 aromatic rings.